The molecule has 0 fully saturated rings. The van der Waals surface area contributed by atoms with Crippen LogP contribution in [0, 0.1) is 10.1 Å². The van der Waals surface area contributed by atoms with Crippen LogP contribution in [0.1, 0.15) is 0 Å². The molecule has 0 aromatic heterocycles. The molecule has 126 valence electrons. The largest absolute Gasteiger partial charge is 0.289 e. The third-order valence-electron chi connectivity index (χ3n) is 3.10. The predicted octanol–water partition coefficient (Wildman–Crippen LogP) is 4.28. The van der Waals surface area contributed by atoms with Gasteiger partial charge in [-0.25, -0.2) is 8.42 Å². The molecule has 0 aliphatic heterocycles. The van der Waals surface area contributed by atoms with Crippen molar-refractivity contribution in [3.63, 3.8) is 0 Å². The zero-order chi connectivity index (χ0) is 17.9. The van der Waals surface area contributed by atoms with E-state index in [0.29, 0.717) is 0 Å². The van der Waals surface area contributed by atoms with Gasteiger partial charge in [0.25, 0.3) is 15.7 Å². The second-order valence-corrected chi connectivity index (χ2v) is 7.32. The van der Waals surface area contributed by atoms with Crippen LogP contribution in [-0.2, 0) is 10.0 Å². The molecule has 0 atom stereocenters. The number of nitro groups is 1. The van der Waals surface area contributed by atoms with E-state index >= 15 is 0 Å². The summed E-state index contributed by atoms with van der Waals surface area (Å²) in [5.74, 6) is 0. The van der Waals surface area contributed by atoms with Gasteiger partial charge in [-0.2, -0.15) is 0 Å². The van der Waals surface area contributed by atoms with Gasteiger partial charge in [-0.3, -0.25) is 14.4 Å². The molecule has 0 spiro atoms. The van der Waals surface area contributed by atoms with Gasteiger partial charge in [0.05, 0.1) is 22.2 Å². The molecule has 0 radical (unpaired) electrons. The lowest BCUT2D eigenvalue weighted by Crippen LogP contribution is -2.32. The van der Waals surface area contributed by atoms with Gasteiger partial charge in [0.2, 0.25) is 0 Å². The van der Waals surface area contributed by atoms with E-state index in [9.17, 15) is 18.5 Å². The van der Waals surface area contributed by atoms with Gasteiger partial charge >= 0.3 is 0 Å². The first-order valence-corrected chi connectivity index (χ1v) is 8.80. The fourth-order valence-electron chi connectivity index (χ4n) is 2.06. The summed E-state index contributed by atoms with van der Waals surface area (Å²) in [7, 11) is -4.25. The average molecular weight is 387 g/mol. The fourth-order valence-corrected chi connectivity index (χ4v) is 4.11. The summed E-state index contributed by atoms with van der Waals surface area (Å²) in [5, 5.41) is 11.6. The minimum atomic E-state index is -4.25. The molecule has 2 aromatic carbocycles. The number of nitrogens with zero attached hydrogens (tertiary/aromatic N) is 2. The van der Waals surface area contributed by atoms with Crippen LogP contribution in [0.25, 0.3) is 0 Å². The van der Waals surface area contributed by atoms with Crippen molar-refractivity contribution in [3.05, 3.63) is 75.3 Å². The van der Waals surface area contributed by atoms with Gasteiger partial charge in [0.1, 0.15) is 0 Å². The Bertz CT molecular complexity index is 900. The normalized spacial score (nSPS) is 11.1. The van der Waals surface area contributed by atoms with Crippen LogP contribution < -0.4 is 4.31 Å². The van der Waals surface area contributed by atoms with Crippen molar-refractivity contribution in [2.24, 2.45) is 0 Å². The Hall–Kier alpha value is -2.09. The van der Waals surface area contributed by atoms with Gasteiger partial charge in [-0.05, 0) is 24.3 Å². The first-order chi connectivity index (χ1) is 11.3. The molecule has 6 nitrogen and oxygen atoms in total. The highest BCUT2D eigenvalue weighted by Gasteiger charge is 2.32. The van der Waals surface area contributed by atoms with Gasteiger partial charge in [0, 0.05) is 11.1 Å². The molecule has 0 heterocycles. The number of hydrogen-bond acceptors (Lipinski definition) is 4. The highest BCUT2D eigenvalue weighted by Crippen LogP contribution is 2.35. The maximum absolute atomic E-state index is 13.0. The highest BCUT2D eigenvalue weighted by atomic mass is 35.5. The number of sulfonamides is 1. The lowest BCUT2D eigenvalue weighted by Gasteiger charge is -2.24. The number of rotatable bonds is 6. The molecule has 0 bridgehead atoms. The molecule has 2 rings (SSSR count). The van der Waals surface area contributed by atoms with Crippen LogP contribution in [-0.4, -0.2) is 19.9 Å². The predicted molar refractivity (Wildman–Crippen MR) is 94.3 cm³/mol. The molecule has 0 N–H and O–H groups in total. The standard InChI is InChI=1S/C15H12Cl2N2O4S/c1-2-9-18(14-10-11(16)7-8-12(14)17)24(22,23)15-6-4-3-5-13(15)19(20)21/h2-8,10H,1,9H2. The molecule has 0 aliphatic rings. The lowest BCUT2D eigenvalue weighted by molar-refractivity contribution is -0.387. The molecule has 0 saturated heterocycles. The molecular weight excluding hydrogens is 375 g/mol. The molecule has 0 amide bonds. The van der Waals surface area contributed by atoms with E-state index in [0.717, 1.165) is 10.4 Å². The number of benzene rings is 2. The van der Waals surface area contributed by atoms with Crippen molar-refractivity contribution in [1.82, 2.24) is 0 Å². The van der Waals surface area contributed by atoms with E-state index in [-0.39, 0.29) is 22.3 Å². The minimum Gasteiger partial charge on any atom is -0.261 e. The molecular formula is C15H12Cl2N2O4S. The molecule has 0 saturated carbocycles. The molecule has 24 heavy (non-hydrogen) atoms. The topological polar surface area (TPSA) is 80.5 Å². The zero-order valence-electron chi connectivity index (χ0n) is 12.2. The van der Waals surface area contributed by atoms with Gasteiger partial charge < -0.3 is 0 Å². The van der Waals surface area contributed by atoms with Crippen LogP contribution >= 0.6 is 23.2 Å². The van der Waals surface area contributed by atoms with E-state index in [2.05, 4.69) is 6.58 Å². The van der Waals surface area contributed by atoms with Crippen LogP contribution in [0.3, 0.4) is 0 Å². The van der Waals surface area contributed by atoms with Crippen LogP contribution in [0.15, 0.2) is 60.0 Å². The zero-order valence-corrected chi connectivity index (χ0v) is 14.6. The Morgan fingerprint density at radius 2 is 1.88 bits per heavy atom. The van der Waals surface area contributed by atoms with Crippen molar-refractivity contribution in [2.75, 3.05) is 10.8 Å². The Morgan fingerprint density at radius 1 is 1.21 bits per heavy atom. The third-order valence-corrected chi connectivity index (χ3v) is 5.48. The lowest BCUT2D eigenvalue weighted by atomic mass is 10.3. The smallest absolute Gasteiger partial charge is 0.261 e. The van der Waals surface area contributed by atoms with Gasteiger partial charge in [-0.1, -0.05) is 41.4 Å². The summed E-state index contributed by atoms with van der Waals surface area (Å²) in [4.78, 5) is 9.97. The van der Waals surface area contributed by atoms with Crippen molar-refractivity contribution in [3.8, 4) is 0 Å². The van der Waals surface area contributed by atoms with E-state index in [1.54, 1.807) is 0 Å². The van der Waals surface area contributed by atoms with E-state index in [1.165, 1.54) is 42.5 Å². The summed E-state index contributed by atoms with van der Waals surface area (Å²) in [5.41, 5.74) is -0.410. The Morgan fingerprint density at radius 3 is 2.50 bits per heavy atom. The fraction of sp³-hybridized carbons (Fsp3) is 0.0667. The second-order valence-electron chi connectivity index (χ2n) is 4.65. The summed E-state index contributed by atoms with van der Waals surface area (Å²) in [6.07, 6.45) is 1.35. The van der Waals surface area contributed by atoms with Crippen LogP contribution in [0.5, 0.6) is 0 Å². The first-order valence-electron chi connectivity index (χ1n) is 6.61. The van der Waals surface area contributed by atoms with E-state index < -0.39 is 25.5 Å². The summed E-state index contributed by atoms with van der Waals surface area (Å²) in [6, 6.07) is 9.43. The average Bonchev–Trinajstić information content (AvgIpc) is 2.55. The maximum Gasteiger partial charge on any atom is 0.289 e. The van der Waals surface area contributed by atoms with Crippen molar-refractivity contribution in [1.29, 1.82) is 0 Å². The second kappa shape index (κ2) is 7.21. The highest BCUT2D eigenvalue weighted by molar-refractivity contribution is 7.93. The number of para-hydroxylation sites is 1. The van der Waals surface area contributed by atoms with E-state index in [1.807, 2.05) is 0 Å². The quantitative estimate of drug-likeness (QED) is 0.421. The first kappa shape index (κ1) is 18.3. The summed E-state index contributed by atoms with van der Waals surface area (Å²) < 4.78 is 26.9. The van der Waals surface area contributed by atoms with Crippen molar-refractivity contribution >= 4 is 44.6 Å². The number of nitro benzene ring substituents is 1. The van der Waals surface area contributed by atoms with E-state index in [4.69, 9.17) is 23.2 Å². The molecule has 0 unspecified atom stereocenters. The Balaban J connectivity index is 2.69. The monoisotopic (exact) mass is 386 g/mol. The Labute approximate surface area is 149 Å². The van der Waals surface area contributed by atoms with Crippen molar-refractivity contribution < 1.29 is 13.3 Å². The molecule has 2 aromatic rings. The van der Waals surface area contributed by atoms with Gasteiger partial charge in [0.15, 0.2) is 4.90 Å². The maximum atomic E-state index is 13.0. The minimum absolute atomic E-state index is 0.113. The number of hydrogen-bond donors (Lipinski definition) is 0. The van der Waals surface area contributed by atoms with Crippen molar-refractivity contribution in [2.45, 2.75) is 4.90 Å². The summed E-state index contributed by atoms with van der Waals surface area (Å²) >= 11 is 12.0. The number of anilines is 1. The van der Waals surface area contributed by atoms with Crippen LogP contribution in [0.2, 0.25) is 10.0 Å². The van der Waals surface area contributed by atoms with Crippen LogP contribution in [0.4, 0.5) is 11.4 Å². The summed E-state index contributed by atoms with van der Waals surface area (Å²) in [6.45, 7) is 3.40. The number of halogens is 2. The SMILES string of the molecule is C=CCN(c1cc(Cl)ccc1Cl)S(=O)(=O)c1ccccc1[N+](=O)[O-]. The molecule has 0 aliphatic carbocycles. The molecule has 9 heteroatoms. The van der Waals surface area contributed by atoms with Gasteiger partial charge in [-0.15, -0.1) is 6.58 Å². The Kier molecular flexibility index (Phi) is 5.48. The third kappa shape index (κ3) is 3.53.